The highest BCUT2D eigenvalue weighted by Crippen LogP contribution is 2.18. The number of amides is 1. The average molecular weight is 1000 g/mol. The largest absolute Gasteiger partial charge is 0.466 e. The molecule has 0 heterocycles. The van der Waals surface area contributed by atoms with Gasteiger partial charge < -0.3 is 20.3 Å². The third-order valence-electron chi connectivity index (χ3n) is 15.3. The number of carbonyl (C=O) groups is 2. The fourth-order valence-electron chi connectivity index (χ4n) is 10.3. The number of esters is 1. The predicted octanol–water partition coefficient (Wildman–Crippen LogP) is 20.4. The molecule has 71 heavy (non-hydrogen) atoms. The molecule has 0 aliphatic carbocycles. The Hall–Kier alpha value is -1.40. The topological polar surface area (TPSA) is 95.9 Å². The van der Waals surface area contributed by atoms with Crippen molar-refractivity contribution in [3.63, 3.8) is 0 Å². The van der Waals surface area contributed by atoms with Crippen LogP contribution >= 0.6 is 0 Å². The number of hydrogen-bond acceptors (Lipinski definition) is 5. The Morgan fingerprint density at radius 3 is 1.00 bits per heavy atom. The number of unbranched alkanes of at least 4 members (excludes halogenated alkanes) is 48. The molecule has 0 aliphatic heterocycles. The smallest absolute Gasteiger partial charge is 0.305 e. The standard InChI is InChI=1S/C65H127NO5/c1-3-5-7-9-11-13-15-37-41-45-49-53-57-63(68)62(61-67)66-64(69)58-54-50-46-42-38-35-33-31-29-27-25-23-21-19-17-18-20-22-24-26-28-30-32-34-36-40-44-48-52-56-60-71-65(70)59-55-51-47-43-39-16-14-12-10-8-6-4-2/h18,20,62-63,67-68H,3-17,19,21-61H2,1-2H3,(H,66,69)/b20-18-. The van der Waals surface area contributed by atoms with Gasteiger partial charge in [0.25, 0.3) is 0 Å². The lowest BCUT2D eigenvalue weighted by Gasteiger charge is -2.22. The maximum absolute atomic E-state index is 12.5. The summed E-state index contributed by atoms with van der Waals surface area (Å²) in [5.41, 5.74) is 0. The fraction of sp³-hybridized carbons (Fsp3) is 0.938. The van der Waals surface area contributed by atoms with E-state index in [0.29, 0.717) is 25.9 Å². The first-order chi connectivity index (χ1) is 35.0. The van der Waals surface area contributed by atoms with Crippen LogP contribution in [0.25, 0.3) is 0 Å². The van der Waals surface area contributed by atoms with E-state index in [1.165, 1.54) is 295 Å². The molecule has 0 aromatic heterocycles. The Labute approximate surface area is 444 Å². The summed E-state index contributed by atoms with van der Waals surface area (Å²) in [6, 6.07) is -0.538. The molecule has 2 atom stereocenters. The Bertz CT molecular complexity index is 1060. The first-order valence-electron chi connectivity index (χ1n) is 32.4. The molecule has 0 aliphatic rings. The highest BCUT2D eigenvalue weighted by atomic mass is 16.5. The second-order valence-corrected chi connectivity index (χ2v) is 22.5. The zero-order chi connectivity index (χ0) is 51.4. The van der Waals surface area contributed by atoms with E-state index in [1.54, 1.807) is 0 Å². The molecule has 0 saturated carbocycles. The van der Waals surface area contributed by atoms with Gasteiger partial charge in [-0.15, -0.1) is 0 Å². The van der Waals surface area contributed by atoms with E-state index in [-0.39, 0.29) is 18.5 Å². The summed E-state index contributed by atoms with van der Waals surface area (Å²) in [6.45, 7) is 4.97. The van der Waals surface area contributed by atoms with Gasteiger partial charge in [0.1, 0.15) is 0 Å². The molecule has 0 fully saturated rings. The van der Waals surface area contributed by atoms with Gasteiger partial charge in [-0.1, -0.05) is 315 Å². The minimum absolute atomic E-state index is 0.0183. The summed E-state index contributed by atoms with van der Waals surface area (Å²) >= 11 is 0. The van der Waals surface area contributed by atoms with Crippen LogP contribution in [0.3, 0.4) is 0 Å². The van der Waals surface area contributed by atoms with Crippen LogP contribution in [0, 0.1) is 0 Å². The van der Waals surface area contributed by atoms with Crippen molar-refractivity contribution in [1.82, 2.24) is 5.32 Å². The van der Waals surface area contributed by atoms with E-state index in [4.69, 9.17) is 4.74 Å². The molecular weight excluding hydrogens is 875 g/mol. The third-order valence-corrected chi connectivity index (χ3v) is 15.3. The molecule has 0 bridgehead atoms. The SMILES string of the molecule is CCCCCCCCCCCCCCC(=O)OCCCCCCCCCCCCCC/C=C\CCCCCCCCCCCCCCCCC(=O)NC(CO)C(O)CCCCCCCCCCCCCC. The van der Waals surface area contributed by atoms with Gasteiger partial charge in [0.2, 0.25) is 5.91 Å². The molecule has 0 rings (SSSR count). The van der Waals surface area contributed by atoms with Crippen molar-refractivity contribution in [2.45, 2.75) is 379 Å². The van der Waals surface area contributed by atoms with E-state index < -0.39 is 12.1 Å². The van der Waals surface area contributed by atoms with Gasteiger partial charge in [0.05, 0.1) is 25.4 Å². The van der Waals surface area contributed by atoms with Crippen LogP contribution in [0.4, 0.5) is 0 Å². The van der Waals surface area contributed by atoms with Crippen LogP contribution in [0.15, 0.2) is 12.2 Å². The van der Waals surface area contributed by atoms with Crippen molar-refractivity contribution in [2.75, 3.05) is 13.2 Å². The van der Waals surface area contributed by atoms with Crippen LogP contribution in [0.5, 0.6) is 0 Å². The van der Waals surface area contributed by atoms with Gasteiger partial charge in [-0.05, 0) is 51.4 Å². The molecule has 6 nitrogen and oxygen atoms in total. The Kier molecular flexibility index (Phi) is 59.9. The Morgan fingerprint density at radius 1 is 0.380 bits per heavy atom. The van der Waals surface area contributed by atoms with E-state index >= 15 is 0 Å². The summed E-state index contributed by atoms with van der Waals surface area (Å²) in [5.74, 6) is -0.0137. The summed E-state index contributed by atoms with van der Waals surface area (Å²) in [7, 11) is 0. The monoisotopic (exact) mass is 1000 g/mol. The molecule has 0 radical (unpaired) electrons. The molecular formula is C65H127NO5. The number of aliphatic hydroxyl groups excluding tert-OH is 2. The van der Waals surface area contributed by atoms with E-state index in [1.807, 2.05) is 0 Å². The highest BCUT2D eigenvalue weighted by Gasteiger charge is 2.20. The quantitative estimate of drug-likeness (QED) is 0.0320. The number of nitrogens with one attached hydrogen (secondary N) is 1. The van der Waals surface area contributed by atoms with Gasteiger partial charge in [-0.2, -0.15) is 0 Å². The van der Waals surface area contributed by atoms with Crippen molar-refractivity contribution in [2.24, 2.45) is 0 Å². The zero-order valence-electron chi connectivity index (χ0n) is 48.2. The van der Waals surface area contributed by atoms with Gasteiger partial charge in [-0.3, -0.25) is 9.59 Å². The maximum atomic E-state index is 12.5. The molecule has 3 N–H and O–H groups in total. The van der Waals surface area contributed by atoms with Crippen LogP contribution in [-0.4, -0.2) is 47.4 Å². The predicted molar refractivity (Wildman–Crippen MR) is 310 cm³/mol. The number of carbonyl (C=O) groups excluding carboxylic acids is 2. The van der Waals surface area contributed by atoms with Crippen LogP contribution < -0.4 is 5.32 Å². The molecule has 0 spiro atoms. The summed E-state index contributed by atoms with van der Waals surface area (Å²) in [5, 5.41) is 23.2. The van der Waals surface area contributed by atoms with Gasteiger partial charge >= 0.3 is 5.97 Å². The van der Waals surface area contributed by atoms with Crippen LogP contribution in [0.1, 0.15) is 367 Å². The van der Waals surface area contributed by atoms with Crippen LogP contribution in [0.2, 0.25) is 0 Å². The second-order valence-electron chi connectivity index (χ2n) is 22.5. The Morgan fingerprint density at radius 2 is 0.662 bits per heavy atom. The highest BCUT2D eigenvalue weighted by molar-refractivity contribution is 5.76. The third kappa shape index (κ3) is 57.7. The minimum atomic E-state index is -0.661. The molecule has 6 heteroatoms. The first kappa shape index (κ1) is 69.6. The molecule has 2 unspecified atom stereocenters. The van der Waals surface area contributed by atoms with E-state index in [2.05, 4.69) is 31.3 Å². The lowest BCUT2D eigenvalue weighted by Crippen LogP contribution is -2.45. The first-order valence-corrected chi connectivity index (χ1v) is 32.4. The van der Waals surface area contributed by atoms with Gasteiger partial charge in [0.15, 0.2) is 0 Å². The zero-order valence-corrected chi connectivity index (χ0v) is 48.2. The number of allylic oxidation sites excluding steroid dienone is 2. The van der Waals surface area contributed by atoms with Crippen molar-refractivity contribution >= 4 is 11.9 Å². The van der Waals surface area contributed by atoms with Crippen molar-refractivity contribution in [3.8, 4) is 0 Å². The summed E-state index contributed by atoms with van der Waals surface area (Å²) in [4.78, 5) is 24.5. The number of ether oxygens (including phenoxy) is 1. The number of hydrogen-bond donors (Lipinski definition) is 3. The summed E-state index contributed by atoms with van der Waals surface area (Å²) in [6.07, 6.45) is 73.9. The van der Waals surface area contributed by atoms with Crippen molar-refractivity contribution in [3.05, 3.63) is 12.2 Å². The van der Waals surface area contributed by atoms with Crippen LogP contribution in [-0.2, 0) is 14.3 Å². The normalized spacial score (nSPS) is 12.6. The molecule has 0 saturated heterocycles. The molecule has 422 valence electrons. The van der Waals surface area contributed by atoms with E-state index in [0.717, 1.165) is 38.5 Å². The van der Waals surface area contributed by atoms with Crippen molar-refractivity contribution < 1.29 is 24.5 Å². The molecule has 0 aromatic carbocycles. The maximum Gasteiger partial charge on any atom is 0.305 e. The molecule has 0 aromatic rings. The second kappa shape index (κ2) is 61.1. The average Bonchev–Trinajstić information content (AvgIpc) is 3.37. The minimum Gasteiger partial charge on any atom is -0.466 e. The van der Waals surface area contributed by atoms with Crippen molar-refractivity contribution in [1.29, 1.82) is 0 Å². The lowest BCUT2D eigenvalue weighted by atomic mass is 10.0. The molecule has 1 amide bonds. The fourth-order valence-corrected chi connectivity index (χ4v) is 10.3. The number of rotatable bonds is 61. The summed E-state index contributed by atoms with van der Waals surface area (Å²) < 4.78 is 5.48. The van der Waals surface area contributed by atoms with E-state index in [9.17, 15) is 19.8 Å². The number of aliphatic hydroxyl groups is 2. The lowest BCUT2D eigenvalue weighted by molar-refractivity contribution is -0.143. The Balaban J connectivity index is 3.34. The van der Waals surface area contributed by atoms with Gasteiger partial charge in [0, 0.05) is 12.8 Å². The van der Waals surface area contributed by atoms with Gasteiger partial charge in [-0.25, -0.2) is 0 Å².